The molecule has 0 bridgehead atoms. The molecule has 0 unspecified atom stereocenters. The normalized spacial score (nSPS) is 23.4. The van der Waals surface area contributed by atoms with E-state index >= 15 is 0 Å². The fraction of sp³-hybridized carbons (Fsp3) is 0.611. The first-order chi connectivity index (χ1) is 11.0. The Morgan fingerprint density at radius 3 is 2.74 bits per heavy atom. The van der Waals surface area contributed by atoms with Gasteiger partial charge in [0.25, 0.3) is 0 Å². The zero-order chi connectivity index (χ0) is 16.7. The van der Waals surface area contributed by atoms with Crippen molar-refractivity contribution in [1.82, 2.24) is 0 Å². The van der Waals surface area contributed by atoms with E-state index < -0.39 is 5.79 Å². The summed E-state index contributed by atoms with van der Waals surface area (Å²) in [6.45, 7) is 5.42. The third-order valence-corrected chi connectivity index (χ3v) is 3.92. The van der Waals surface area contributed by atoms with Crippen LogP contribution in [0.3, 0.4) is 0 Å². The van der Waals surface area contributed by atoms with E-state index in [4.69, 9.17) is 18.9 Å². The van der Waals surface area contributed by atoms with Gasteiger partial charge in [-0.05, 0) is 25.8 Å². The molecule has 1 heterocycles. The van der Waals surface area contributed by atoms with Crippen molar-refractivity contribution in [3.63, 3.8) is 0 Å². The van der Waals surface area contributed by atoms with Crippen LogP contribution in [0.2, 0.25) is 0 Å². The summed E-state index contributed by atoms with van der Waals surface area (Å²) in [6.07, 6.45) is 0.950. The highest BCUT2D eigenvalue weighted by Crippen LogP contribution is 2.30. The van der Waals surface area contributed by atoms with E-state index in [1.165, 1.54) is 7.11 Å². The second-order valence-corrected chi connectivity index (χ2v) is 6.23. The van der Waals surface area contributed by atoms with Gasteiger partial charge in [-0.3, -0.25) is 4.79 Å². The van der Waals surface area contributed by atoms with Crippen molar-refractivity contribution >= 4 is 5.97 Å². The van der Waals surface area contributed by atoms with Crippen LogP contribution in [0.4, 0.5) is 0 Å². The first-order valence-corrected chi connectivity index (χ1v) is 8.00. The van der Waals surface area contributed by atoms with Gasteiger partial charge in [-0.2, -0.15) is 0 Å². The maximum atomic E-state index is 11.5. The van der Waals surface area contributed by atoms with E-state index in [2.05, 4.69) is 0 Å². The molecule has 2 atom stereocenters. The second kappa shape index (κ2) is 8.43. The highest BCUT2D eigenvalue weighted by Gasteiger charge is 2.37. The monoisotopic (exact) mass is 322 g/mol. The van der Waals surface area contributed by atoms with E-state index in [0.29, 0.717) is 26.2 Å². The van der Waals surface area contributed by atoms with Gasteiger partial charge in [0.1, 0.15) is 0 Å². The summed E-state index contributed by atoms with van der Waals surface area (Å²) in [6, 6.07) is 10.0. The van der Waals surface area contributed by atoms with Gasteiger partial charge in [0.05, 0.1) is 32.8 Å². The van der Waals surface area contributed by atoms with Crippen LogP contribution in [0, 0.1) is 5.92 Å². The van der Waals surface area contributed by atoms with Crippen LogP contribution < -0.4 is 0 Å². The Morgan fingerprint density at radius 1 is 1.30 bits per heavy atom. The van der Waals surface area contributed by atoms with Crippen LogP contribution in [0.15, 0.2) is 30.3 Å². The van der Waals surface area contributed by atoms with Crippen molar-refractivity contribution in [2.24, 2.45) is 5.92 Å². The molecular weight excluding hydrogens is 296 g/mol. The lowest BCUT2D eigenvalue weighted by atomic mass is 9.95. The first-order valence-electron chi connectivity index (χ1n) is 8.00. The van der Waals surface area contributed by atoms with Gasteiger partial charge in [0.2, 0.25) is 0 Å². The van der Waals surface area contributed by atoms with Crippen molar-refractivity contribution in [3.8, 4) is 0 Å². The Labute approximate surface area is 137 Å². The zero-order valence-corrected chi connectivity index (χ0v) is 14.1. The Morgan fingerprint density at radius 2 is 2.04 bits per heavy atom. The summed E-state index contributed by atoms with van der Waals surface area (Å²) < 4.78 is 22.1. The van der Waals surface area contributed by atoms with Crippen LogP contribution in [-0.4, -0.2) is 38.2 Å². The van der Waals surface area contributed by atoms with Crippen molar-refractivity contribution in [3.05, 3.63) is 35.9 Å². The molecule has 2 rings (SSSR count). The zero-order valence-electron chi connectivity index (χ0n) is 14.1. The molecule has 5 heteroatoms. The van der Waals surface area contributed by atoms with Crippen LogP contribution in [0.5, 0.6) is 0 Å². The fourth-order valence-electron chi connectivity index (χ4n) is 2.66. The number of benzene rings is 1. The van der Waals surface area contributed by atoms with Gasteiger partial charge in [-0.15, -0.1) is 0 Å². The minimum Gasteiger partial charge on any atom is -0.469 e. The predicted octanol–water partition coefficient (Wildman–Crippen LogP) is 2.92. The highest BCUT2D eigenvalue weighted by atomic mass is 16.7. The molecule has 1 saturated heterocycles. The molecule has 0 saturated carbocycles. The highest BCUT2D eigenvalue weighted by molar-refractivity contribution is 5.69. The van der Waals surface area contributed by atoms with E-state index in [1.54, 1.807) is 0 Å². The fourth-order valence-corrected chi connectivity index (χ4v) is 2.66. The molecule has 1 aromatic carbocycles. The van der Waals surface area contributed by atoms with Gasteiger partial charge in [0, 0.05) is 12.5 Å². The van der Waals surface area contributed by atoms with E-state index in [-0.39, 0.29) is 18.0 Å². The first kappa shape index (κ1) is 17.9. The predicted molar refractivity (Wildman–Crippen MR) is 85.7 cm³/mol. The lowest BCUT2D eigenvalue weighted by molar-refractivity contribution is -0.295. The Balaban J connectivity index is 1.81. The minimum atomic E-state index is -0.628. The number of carbonyl (C=O) groups is 1. The molecule has 0 spiro atoms. The summed E-state index contributed by atoms with van der Waals surface area (Å²) in [5, 5.41) is 0. The summed E-state index contributed by atoms with van der Waals surface area (Å²) in [5.74, 6) is -0.871. The Hall–Kier alpha value is -1.43. The minimum absolute atomic E-state index is 0.00389. The van der Waals surface area contributed by atoms with Gasteiger partial charge in [-0.25, -0.2) is 0 Å². The molecule has 23 heavy (non-hydrogen) atoms. The number of hydrogen-bond acceptors (Lipinski definition) is 5. The molecule has 0 amide bonds. The van der Waals surface area contributed by atoms with E-state index in [9.17, 15) is 4.79 Å². The molecule has 5 nitrogen and oxygen atoms in total. The van der Waals surface area contributed by atoms with Crippen LogP contribution >= 0.6 is 0 Å². The van der Waals surface area contributed by atoms with Crippen molar-refractivity contribution in [2.75, 3.05) is 20.3 Å². The standard InChI is InChI=1S/C18H26O5/c1-18(2)22-13-15(11-17(19)20-3)16(23-18)9-10-21-12-14-7-5-4-6-8-14/h4-8,15-16H,9-13H2,1-3H3/t15-,16-/m1/s1. The summed E-state index contributed by atoms with van der Waals surface area (Å²) in [7, 11) is 1.40. The molecule has 0 aliphatic carbocycles. The molecule has 0 aromatic heterocycles. The SMILES string of the molecule is COC(=O)C[C@@H]1COC(C)(C)O[C@@H]1CCOCc1ccccc1. The van der Waals surface area contributed by atoms with Crippen LogP contribution in [0.25, 0.3) is 0 Å². The van der Waals surface area contributed by atoms with Crippen LogP contribution in [-0.2, 0) is 30.3 Å². The Kier molecular flexibility index (Phi) is 6.57. The van der Waals surface area contributed by atoms with Crippen molar-refractivity contribution < 1.29 is 23.7 Å². The maximum Gasteiger partial charge on any atom is 0.305 e. The largest absolute Gasteiger partial charge is 0.469 e. The maximum absolute atomic E-state index is 11.5. The molecule has 0 N–H and O–H groups in total. The average Bonchev–Trinajstić information content (AvgIpc) is 2.54. The topological polar surface area (TPSA) is 54.0 Å². The second-order valence-electron chi connectivity index (χ2n) is 6.23. The van der Waals surface area contributed by atoms with E-state index in [0.717, 1.165) is 12.0 Å². The third kappa shape index (κ3) is 5.94. The van der Waals surface area contributed by atoms with Crippen molar-refractivity contribution in [2.45, 2.75) is 45.2 Å². The summed E-state index contributed by atoms with van der Waals surface area (Å²) in [5.41, 5.74) is 1.15. The lowest BCUT2D eigenvalue weighted by Crippen LogP contribution is -2.46. The average molecular weight is 322 g/mol. The molecule has 1 fully saturated rings. The number of rotatable bonds is 7. The molecule has 0 radical (unpaired) electrons. The number of methoxy groups -OCH3 is 1. The molecular formula is C18H26O5. The van der Waals surface area contributed by atoms with Gasteiger partial charge < -0.3 is 18.9 Å². The van der Waals surface area contributed by atoms with Gasteiger partial charge in [0.15, 0.2) is 5.79 Å². The van der Waals surface area contributed by atoms with Crippen LogP contribution in [0.1, 0.15) is 32.3 Å². The number of esters is 1. The summed E-state index contributed by atoms with van der Waals surface area (Å²) >= 11 is 0. The number of carbonyl (C=O) groups excluding carboxylic acids is 1. The Bertz CT molecular complexity index is 485. The van der Waals surface area contributed by atoms with Gasteiger partial charge in [-0.1, -0.05) is 30.3 Å². The summed E-state index contributed by atoms with van der Waals surface area (Å²) in [4.78, 5) is 11.5. The lowest BCUT2D eigenvalue weighted by Gasteiger charge is -2.40. The molecule has 1 aliphatic rings. The molecule has 128 valence electrons. The smallest absolute Gasteiger partial charge is 0.305 e. The molecule has 1 aliphatic heterocycles. The third-order valence-electron chi connectivity index (χ3n) is 3.92. The van der Waals surface area contributed by atoms with E-state index in [1.807, 2.05) is 44.2 Å². The quantitative estimate of drug-likeness (QED) is 0.571. The van der Waals surface area contributed by atoms with Gasteiger partial charge >= 0.3 is 5.97 Å². The van der Waals surface area contributed by atoms with Crippen molar-refractivity contribution in [1.29, 1.82) is 0 Å². The number of ether oxygens (including phenoxy) is 4. The molecule has 1 aromatic rings. The number of hydrogen-bond donors (Lipinski definition) is 0.